The van der Waals surface area contributed by atoms with Crippen molar-refractivity contribution in [2.75, 3.05) is 0 Å². The van der Waals surface area contributed by atoms with Crippen LogP contribution in [0.5, 0.6) is 0 Å². The summed E-state index contributed by atoms with van der Waals surface area (Å²) in [5, 5.41) is 43.4. The number of hydrogen-bond donors (Lipinski definition) is 4. The van der Waals surface area contributed by atoms with Crippen LogP contribution in [0.2, 0.25) is 0 Å². The molecule has 4 heteroatoms. The Balaban J connectivity index is 0.000000181. The molecule has 0 heterocycles. The van der Waals surface area contributed by atoms with Crippen molar-refractivity contribution in [3.05, 3.63) is 11.6 Å². The van der Waals surface area contributed by atoms with Gasteiger partial charge in [0, 0.05) is 0 Å². The summed E-state index contributed by atoms with van der Waals surface area (Å²) in [7, 11) is 0. The molecule has 0 radical (unpaired) electrons. The van der Waals surface area contributed by atoms with Gasteiger partial charge in [0.25, 0.3) is 0 Å². The molecular weight excluding hydrogens is 737 g/mol. The summed E-state index contributed by atoms with van der Waals surface area (Å²) in [5.74, 6) is 9.35. The van der Waals surface area contributed by atoms with Crippen LogP contribution >= 0.6 is 0 Å². The van der Waals surface area contributed by atoms with Crippen LogP contribution in [0.25, 0.3) is 0 Å². The van der Waals surface area contributed by atoms with Gasteiger partial charge in [0.15, 0.2) is 0 Å². The van der Waals surface area contributed by atoms with Crippen LogP contribution in [0.15, 0.2) is 11.6 Å². The van der Waals surface area contributed by atoms with Crippen molar-refractivity contribution in [1.82, 2.24) is 0 Å². The lowest BCUT2D eigenvalue weighted by Gasteiger charge is -2.62. The normalized spacial score (nSPS) is 49.2. The van der Waals surface area contributed by atoms with Crippen LogP contribution in [0, 0.1) is 98.6 Å². The number of aliphatic hydroxyl groups excluding tert-OH is 2. The summed E-state index contributed by atoms with van der Waals surface area (Å²) in [5.41, 5.74) is 2.24. The molecular formula is C56H98O4. The zero-order chi connectivity index (χ0) is 43.8. The lowest BCUT2D eigenvalue weighted by Crippen LogP contribution is -2.55. The fourth-order valence-electron chi connectivity index (χ4n) is 18.1. The highest BCUT2D eigenvalue weighted by Gasteiger charge is 2.63. The van der Waals surface area contributed by atoms with E-state index in [0.717, 1.165) is 99.2 Å². The van der Waals surface area contributed by atoms with E-state index in [0.29, 0.717) is 57.2 Å². The number of rotatable bonds is 10. The average Bonchev–Trinajstić information content (AvgIpc) is 3.72. The fraction of sp³-hybridized carbons (Fsp3) is 0.964. The molecule has 0 aromatic carbocycles. The molecule has 4 nitrogen and oxygen atoms in total. The first-order chi connectivity index (χ1) is 28.0. The van der Waals surface area contributed by atoms with E-state index in [1.54, 1.807) is 5.57 Å². The molecule has 8 aliphatic carbocycles. The van der Waals surface area contributed by atoms with E-state index in [1.165, 1.54) is 77.0 Å². The number of allylic oxidation sites excluding steroid dienone is 1. The summed E-state index contributed by atoms with van der Waals surface area (Å²) in [6.45, 7) is 28.2. The molecule has 0 spiro atoms. The minimum absolute atomic E-state index is 0.125. The molecule has 0 bridgehead atoms. The van der Waals surface area contributed by atoms with Crippen molar-refractivity contribution in [1.29, 1.82) is 0 Å². The lowest BCUT2D eigenvalue weighted by molar-refractivity contribution is -0.149. The Morgan fingerprint density at radius 3 is 1.57 bits per heavy atom. The first-order valence-electron chi connectivity index (χ1n) is 26.5. The van der Waals surface area contributed by atoms with Gasteiger partial charge in [0.2, 0.25) is 0 Å². The molecule has 4 N–H and O–H groups in total. The van der Waals surface area contributed by atoms with E-state index >= 15 is 0 Å². The number of fused-ring (bicyclic) bond motifs is 10. The topological polar surface area (TPSA) is 80.9 Å². The van der Waals surface area contributed by atoms with Gasteiger partial charge >= 0.3 is 0 Å². The predicted molar refractivity (Wildman–Crippen MR) is 250 cm³/mol. The molecule has 0 aliphatic heterocycles. The van der Waals surface area contributed by atoms with E-state index in [2.05, 4.69) is 82.2 Å². The molecule has 346 valence electrons. The van der Waals surface area contributed by atoms with Crippen molar-refractivity contribution < 1.29 is 20.4 Å². The third-order valence-corrected chi connectivity index (χ3v) is 22.0. The van der Waals surface area contributed by atoms with Gasteiger partial charge < -0.3 is 20.4 Å². The van der Waals surface area contributed by atoms with Gasteiger partial charge in [0.05, 0.1) is 23.4 Å². The highest BCUT2D eigenvalue weighted by atomic mass is 16.3. The first kappa shape index (κ1) is 47.5. The molecule has 0 saturated heterocycles. The second-order valence-corrected chi connectivity index (χ2v) is 26.5. The zero-order valence-electron chi connectivity index (χ0n) is 41.4. The minimum Gasteiger partial charge on any atom is -0.393 e. The van der Waals surface area contributed by atoms with Crippen molar-refractivity contribution in [3.63, 3.8) is 0 Å². The SMILES string of the molecule is CC(C)CC[C@@H](O)[C@@H](C)[C@H]1CC[C@H]2[C@@H]3CC=C4C[C@@](C)(O)CC[C@]4(C)[C@H]3CC[C@]12C.CC(C)CC[C@H](O)[C@@H](C)[C@H]1CC[C@H]2[C@@H]3CC[C@H]4C[C@@](C)(O)CC[C@]4(C)[C@H]3CC[C@]12C. The third kappa shape index (κ3) is 8.70. The molecule has 0 amide bonds. The highest BCUT2D eigenvalue weighted by Crippen LogP contribution is 2.70. The van der Waals surface area contributed by atoms with E-state index in [9.17, 15) is 20.4 Å². The Labute approximate surface area is 370 Å². The Bertz CT molecular complexity index is 1500. The van der Waals surface area contributed by atoms with Gasteiger partial charge in [-0.1, -0.05) is 80.9 Å². The molecule has 60 heavy (non-hydrogen) atoms. The molecule has 19 atom stereocenters. The first-order valence-corrected chi connectivity index (χ1v) is 26.5. The predicted octanol–water partition coefficient (Wildman–Crippen LogP) is 13.6. The summed E-state index contributed by atoms with van der Waals surface area (Å²) < 4.78 is 0. The van der Waals surface area contributed by atoms with Crippen molar-refractivity contribution in [3.8, 4) is 0 Å². The Morgan fingerprint density at radius 2 is 1.02 bits per heavy atom. The van der Waals surface area contributed by atoms with Gasteiger partial charge in [-0.2, -0.15) is 0 Å². The maximum absolute atomic E-state index is 11.0. The van der Waals surface area contributed by atoms with Gasteiger partial charge in [-0.25, -0.2) is 0 Å². The van der Waals surface area contributed by atoms with Gasteiger partial charge in [-0.05, 0) is 247 Å². The summed E-state index contributed by atoms with van der Waals surface area (Å²) in [6.07, 6.45) is 27.5. The van der Waals surface area contributed by atoms with Crippen LogP contribution in [-0.2, 0) is 0 Å². The molecule has 8 aliphatic rings. The van der Waals surface area contributed by atoms with Crippen LogP contribution in [0.1, 0.15) is 218 Å². The number of aliphatic hydroxyl groups is 4. The Morgan fingerprint density at radius 1 is 0.517 bits per heavy atom. The van der Waals surface area contributed by atoms with Crippen molar-refractivity contribution >= 4 is 0 Å². The molecule has 7 saturated carbocycles. The smallest absolute Gasteiger partial charge is 0.0657 e. The maximum Gasteiger partial charge on any atom is 0.0657 e. The zero-order valence-corrected chi connectivity index (χ0v) is 41.4. The third-order valence-electron chi connectivity index (χ3n) is 22.0. The minimum atomic E-state index is -0.499. The van der Waals surface area contributed by atoms with Gasteiger partial charge in [-0.15, -0.1) is 0 Å². The second kappa shape index (κ2) is 17.4. The summed E-state index contributed by atoms with van der Waals surface area (Å²) in [6, 6.07) is 0. The Hall–Kier alpha value is -0.420. The monoisotopic (exact) mass is 835 g/mol. The lowest BCUT2D eigenvalue weighted by atomic mass is 9.43. The van der Waals surface area contributed by atoms with Gasteiger partial charge in [-0.3, -0.25) is 0 Å². The molecule has 0 aromatic rings. The van der Waals surface area contributed by atoms with E-state index in [1.807, 2.05) is 6.92 Å². The standard InChI is InChI=1S/C28H50O2.C28H48O2/c2*1-18(2)7-12-25(29)19(3)22-10-11-23-21-9-8-20-17-26(4,30)15-16-27(20,5)24(21)13-14-28(22,23)6/h18-25,29-30H,7-17H2,1-6H3;8,18-19,21-25,29-30H,7,9-17H2,1-6H3/t19-,20-,21-,22+,23-,24-,25-,26-,27-,28+;19-,21-,22+,23-,24-,25+,26-,27-,28+/m00/s1. The largest absolute Gasteiger partial charge is 0.393 e. The summed E-state index contributed by atoms with van der Waals surface area (Å²) >= 11 is 0. The number of hydrogen-bond acceptors (Lipinski definition) is 4. The molecule has 0 aromatic heterocycles. The van der Waals surface area contributed by atoms with Gasteiger partial charge in [0.1, 0.15) is 0 Å². The Kier molecular flexibility index (Phi) is 13.8. The molecule has 8 rings (SSSR count). The summed E-state index contributed by atoms with van der Waals surface area (Å²) in [4.78, 5) is 0. The van der Waals surface area contributed by atoms with Crippen molar-refractivity contribution in [2.45, 2.75) is 241 Å². The van der Waals surface area contributed by atoms with Crippen LogP contribution < -0.4 is 0 Å². The molecule has 0 unspecified atom stereocenters. The van der Waals surface area contributed by atoms with Crippen LogP contribution in [0.4, 0.5) is 0 Å². The van der Waals surface area contributed by atoms with E-state index in [-0.39, 0.29) is 12.2 Å². The maximum atomic E-state index is 11.0. The van der Waals surface area contributed by atoms with Crippen LogP contribution in [-0.4, -0.2) is 43.8 Å². The van der Waals surface area contributed by atoms with Crippen LogP contribution in [0.3, 0.4) is 0 Å². The second-order valence-electron chi connectivity index (χ2n) is 26.5. The fourth-order valence-corrected chi connectivity index (χ4v) is 18.1. The van der Waals surface area contributed by atoms with E-state index in [4.69, 9.17) is 0 Å². The average molecular weight is 835 g/mol. The highest BCUT2D eigenvalue weighted by molar-refractivity contribution is 5.27. The quantitative estimate of drug-likeness (QED) is 0.165. The van der Waals surface area contributed by atoms with E-state index < -0.39 is 11.2 Å². The molecule has 7 fully saturated rings. The van der Waals surface area contributed by atoms with Crippen molar-refractivity contribution in [2.24, 2.45) is 98.6 Å².